The molecule has 0 amide bonds. The maximum absolute atomic E-state index is 4.88. The molecule has 3 N–H and O–H groups in total. The van der Waals surface area contributed by atoms with Crippen LogP contribution in [0.3, 0.4) is 0 Å². The Morgan fingerprint density at radius 3 is 2.81 bits per heavy atom. The molecule has 0 spiro atoms. The fourth-order valence-electron chi connectivity index (χ4n) is 4.00. The van der Waals surface area contributed by atoms with E-state index < -0.39 is 0 Å². The Labute approximate surface area is 193 Å². The van der Waals surface area contributed by atoms with Crippen molar-refractivity contribution in [3.8, 4) is 0 Å². The van der Waals surface area contributed by atoms with E-state index in [0.717, 1.165) is 60.4 Å². The summed E-state index contributed by atoms with van der Waals surface area (Å²) in [4.78, 5) is 13.8. The molecule has 2 heterocycles. The third kappa shape index (κ3) is 6.63. The standard InChI is InChI=1S/C26H38N6/c1-17(2)12-23-13-18(3)9-10-24(23)32-26-25(21(6)29-16-30-26)31-20(5)19(4)28-15-22-8-7-11-27-14-22/h9-10,13,16-17,22,27-28H,4,7-8,11-12,14-15H2,1-3,5-6H3,(H,29,30,32)/b31-20+. The highest BCUT2D eigenvalue weighted by atomic mass is 15.1. The molecule has 0 aliphatic carbocycles. The van der Waals surface area contributed by atoms with Crippen molar-refractivity contribution in [1.29, 1.82) is 0 Å². The summed E-state index contributed by atoms with van der Waals surface area (Å²) in [6, 6.07) is 6.50. The molecule has 6 nitrogen and oxygen atoms in total. The summed E-state index contributed by atoms with van der Waals surface area (Å²) in [6.45, 7) is 17.9. The molecule has 1 aliphatic rings. The van der Waals surface area contributed by atoms with Gasteiger partial charge in [0.15, 0.2) is 5.82 Å². The molecule has 3 rings (SSSR count). The van der Waals surface area contributed by atoms with Crippen molar-refractivity contribution in [3.63, 3.8) is 0 Å². The number of piperidine rings is 1. The van der Waals surface area contributed by atoms with Crippen molar-refractivity contribution in [1.82, 2.24) is 20.6 Å². The van der Waals surface area contributed by atoms with E-state index in [2.05, 4.69) is 71.5 Å². The van der Waals surface area contributed by atoms with Gasteiger partial charge in [-0.15, -0.1) is 0 Å². The van der Waals surface area contributed by atoms with E-state index in [9.17, 15) is 0 Å². The van der Waals surface area contributed by atoms with Gasteiger partial charge in [0, 0.05) is 17.9 Å². The number of aromatic nitrogens is 2. The maximum Gasteiger partial charge on any atom is 0.160 e. The molecular weight excluding hydrogens is 396 g/mol. The minimum absolute atomic E-state index is 0.568. The van der Waals surface area contributed by atoms with Crippen molar-refractivity contribution in [2.45, 2.75) is 53.9 Å². The molecule has 1 aromatic heterocycles. The Kier molecular flexibility index (Phi) is 8.39. The first-order valence-corrected chi connectivity index (χ1v) is 11.7. The highest BCUT2D eigenvalue weighted by Gasteiger charge is 2.15. The molecule has 1 fully saturated rings. The maximum atomic E-state index is 4.88. The van der Waals surface area contributed by atoms with Crippen LogP contribution in [0.25, 0.3) is 0 Å². The lowest BCUT2D eigenvalue weighted by Crippen LogP contribution is -2.36. The lowest BCUT2D eigenvalue weighted by Gasteiger charge is -2.24. The van der Waals surface area contributed by atoms with Gasteiger partial charge in [-0.05, 0) is 76.6 Å². The summed E-state index contributed by atoms with van der Waals surface area (Å²) >= 11 is 0. The van der Waals surface area contributed by atoms with E-state index in [1.807, 2.05) is 13.8 Å². The second-order valence-corrected chi connectivity index (χ2v) is 9.31. The molecule has 32 heavy (non-hydrogen) atoms. The molecule has 0 saturated carbocycles. The number of hydrogen-bond acceptors (Lipinski definition) is 6. The summed E-state index contributed by atoms with van der Waals surface area (Å²) in [5.41, 5.74) is 6.90. The Balaban J connectivity index is 1.79. The van der Waals surface area contributed by atoms with Gasteiger partial charge in [0.1, 0.15) is 12.0 Å². The van der Waals surface area contributed by atoms with Crippen molar-refractivity contribution in [3.05, 3.63) is 53.6 Å². The third-order valence-electron chi connectivity index (χ3n) is 5.87. The zero-order valence-corrected chi connectivity index (χ0v) is 20.3. The van der Waals surface area contributed by atoms with Crippen LogP contribution in [0, 0.1) is 25.7 Å². The number of nitrogens with zero attached hydrogens (tertiary/aromatic N) is 3. The fourth-order valence-corrected chi connectivity index (χ4v) is 4.00. The van der Waals surface area contributed by atoms with Gasteiger partial charge in [-0.3, -0.25) is 0 Å². The van der Waals surface area contributed by atoms with E-state index in [4.69, 9.17) is 4.99 Å². The summed E-state index contributed by atoms with van der Waals surface area (Å²) in [7, 11) is 0. The van der Waals surface area contributed by atoms with Crippen LogP contribution in [0.1, 0.15) is 50.4 Å². The average Bonchev–Trinajstić information content (AvgIpc) is 2.76. The Bertz CT molecular complexity index is 957. The number of aliphatic imine (C=N–C) groups is 1. The number of nitrogens with one attached hydrogen (secondary N) is 3. The van der Waals surface area contributed by atoms with E-state index in [-0.39, 0.29) is 0 Å². The van der Waals surface area contributed by atoms with Gasteiger partial charge in [-0.1, -0.05) is 38.1 Å². The predicted octanol–water partition coefficient (Wildman–Crippen LogP) is 5.23. The van der Waals surface area contributed by atoms with Crippen LogP contribution in [-0.4, -0.2) is 35.3 Å². The van der Waals surface area contributed by atoms with Gasteiger partial charge in [0.05, 0.1) is 11.4 Å². The molecule has 1 saturated heterocycles. The molecule has 1 aromatic carbocycles. The number of benzene rings is 1. The molecule has 0 radical (unpaired) electrons. The van der Waals surface area contributed by atoms with E-state index >= 15 is 0 Å². The van der Waals surface area contributed by atoms with Crippen LogP contribution in [0.5, 0.6) is 0 Å². The van der Waals surface area contributed by atoms with Gasteiger partial charge in [-0.25, -0.2) is 15.0 Å². The lowest BCUT2D eigenvalue weighted by atomic mass is 9.99. The minimum Gasteiger partial charge on any atom is -0.384 e. The number of anilines is 2. The minimum atomic E-state index is 0.568. The highest BCUT2D eigenvalue weighted by molar-refractivity contribution is 5.99. The van der Waals surface area contributed by atoms with Crippen LogP contribution in [0.2, 0.25) is 0 Å². The molecule has 2 aromatic rings. The van der Waals surface area contributed by atoms with Crippen molar-refractivity contribution in [2.75, 3.05) is 25.0 Å². The van der Waals surface area contributed by atoms with Crippen LogP contribution in [-0.2, 0) is 6.42 Å². The third-order valence-corrected chi connectivity index (χ3v) is 5.87. The number of allylic oxidation sites excluding steroid dienone is 1. The average molecular weight is 435 g/mol. The van der Waals surface area contributed by atoms with E-state index in [0.29, 0.717) is 11.8 Å². The Morgan fingerprint density at radius 1 is 1.28 bits per heavy atom. The van der Waals surface area contributed by atoms with Gasteiger partial charge in [0.25, 0.3) is 0 Å². The molecule has 1 aliphatic heterocycles. The van der Waals surface area contributed by atoms with E-state index in [1.165, 1.54) is 24.0 Å². The van der Waals surface area contributed by atoms with Crippen LogP contribution < -0.4 is 16.0 Å². The van der Waals surface area contributed by atoms with Crippen molar-refractivity contribution < 1.29 is 0 Å². The molecule has 1 unspecified atom stereocenters. The first-order chi connectivity index (χ1) is 15.3. The highest BCUT2D eigenvalue weighted by Crippen LogP contribution is 2.31. The summed E-state index contributed by atoms with van der Waals surface area (Å²) < 4.78 is 0. The monoisotopic (exact) mass is 434 g/mol. The Hall–Kier alpha value is -2.73. The fraction of sp³-hybridized carbons (Fsp3) is 0.500. The summed E-state index contributed by atoms with van der Waals surface area (Å²) in [5, 5.41) is 10.5. The van der Waals surface area contributed by atoms with Crippen molar-refractivity contribution >= 4 is 22.9 Å². The lowest BCUT2D eigenvalue weighted by molar-refractivity contribution is 0.371. The van der Waals surface area contributed by atoms with Crippen LogP contribution >= 0.6 is 0 Å². The first-order valence-electron chi connectivity index (χ1n) is 11.7. The largest absolute Gasteiger partial charge is 0.384 e. The van der Waals surface area contributed by atoms with Crippen LogP contribution in [0.15, 0.2) is 41.8 Å². The SMILES string of the molecule is C=C(NCC1CCCNC1)/C(C)=N/c1c(C)ncnc1Nc1ccc(C)cc1CC(C)C. The smallest absolute Gasteiger partial charge is 0.160 e. The van der Waals surface area contributed by atoms with Gasteiger partial charge in [-0.2, -0.15) is 0 Å². The second-order valence-electron chi connectivity index (χ2n) is 9.31. The Morgan fingerprint density at radius 2 is 2.09 bits per heavy atom. The second kappa shape index (κ2) is 11.2. The molecule has 0 bridgehead atoms. The summed E-state index contributed by atoms with van der Waals surface area (Å²) in [5.74, 6) is 1.92. The molecule has 172 valence electrons. The predicted molar refractivity (Wildman–Crippen MR) is 135 cm³/mol. The molecule has 6 heteroatoms. The normalized spacial score (nSPS) is 16.8. The molecular formula is C26H38N6. The van der Waals surface area contributed by atoms with E-state index in [1.54, 1.807) is 6.33 Å². The van der Waals surface area contributed by atoms with Gasteiger partial charge >= 0.3 is 0 Å². The zero-order chi connectivity index (χ0) is 23.1. The summed E-state index contributed by atoms with van der Waals surface area (Å²) in [6.07, 6.45) is 5.08. The topological polar surface area (TPSA) is 74.2 Å². The number of hydrogen-bond donors (Lipinski definition) is 3. The molecule has 1 atom stereocenters. The van der Waals surface area contributed by atoms with Gasteiger partial charge < -0.3 is 16.0 Å². The number of rotatable bonds is 9. The van der Waals surface area contributed by atoms with Gasteiger partial charge in [0.2, 0.25) is 0 Å². The number of aryl methyl sites for hydroxylation is 2. The first kappa shape index (κ1) is 23.9. The van der Waals surface area contributed by atoms with Crippen molar-refractivity contribution in [2.24, 2.45) is 16.8 Å². The zero-order valence-electron chi connectivity index (χ0n) is 20.3. The van der Waals surface area contributed by atoms with Crippen LogP contribution in [0.4, 0.5) is 17.2 Å². The quantitative estimate of drug-likeness (QED) is 0.471.